The number of rotatable bonds is 4. The number of amides is 1. The van der Waals surface area contributed by atoms with Crippen LogP contribution in [0.25, 0.3) is 0 Å². The van der Waals surface area contributed by atoms with Crippen LogP contribution in [0, 0.1) is 11.7 Å². The quantitative estimate of drug-likeness (QED) is 0.793. The second-order valence-electron chi connectivity index (χ2n) is 7.12. The van der Waals surface area contributed by atoms with Gasteiger partial charge in [0.1, 0.15) is 5.82 Å². The third-order valence-corrected chi connectivity index (χ3v) is 5.35. The molecule has 2 aromatic rings. The fraction of sp³-hybridized carbons (Fsp3) is 0.333. The molecule has 134 valence electrons. The van der Waals surface area contributed by atoms with Gasteiger partial charge in [-0.25, -0.2) is 4.39 Å². The van der Waals surface area contributed by atoms with Gasteiger partial charge >= 0.3 is 5.91 Å². The summed E-state index contributed by atoms with van der Waals surface area (Å²) in [7, 11) is 0. The van der Waals surface area contributed by atoms with Gasteiger partial charge in [-0.3, -0.25) is 19.4 Å². The number of Topliss-reactive ketones (excluding diaryl/α,β-unsaturated/α-hetero) is 1. The molecule has 0 unspecified atom stereocenters. The molecule has 0 spiro atoms. The number of carbonyl (C=O) groups excluding carboxylic acids is 2. The molecule has 4 nitrogen and oxygen atoms in total. The van der Waals surface area contributed by atoms with Gasteiger partial charge in [0.05, 0.1) is 17.9 Å². The smallest absolute Gasteiger partial charge is 0.291 e. The fourth-order valence-corrected chi connectivity index (χ4v) is 3.89. The molecule has 26 heavy (non-hydrogen) atoms. The minimum absolute atomic E-state index is 0.175. The minimum atomic E-state index is -0.613. The van der Waals surface area contributed by atoms with Gasteiger partial charge in [0.25, 0.3) is 5.78 Å². The molecule has 2 aliphatic rings. The third kappa shape index (κ3) is 3.27. The molecule has 4 rings (SSSR count). The molecule has 0 aliphatic carbocycles. The number of nitrogens with zero attached hydrogens (tertiary/aromatic N) is 2. The van der Waals surface area contributed by atoms with Crippen molar-refractivity contribution in [3.05, 3.63) is 65.5 Å². The van der Waals surface area contributed by atoms with Crippen molar-refractivity contribution >= 4 is 17.4 Å². The summed E-state index contributed by atoms with van der Waals surface area (Å²) in [5, 5.41) is 0. The summed E-state index contributed by atoms with van der Waals surface area (Å²) in [6.07, 6.45) is 3.22. The van der Waals surface area contributed by atoms with E-state index >= 15 is 0 Å². The van der Waals surface area contributed by atoms with Crippen LogP contribution in [-0.2, 0) is 11.2 Å². The van der Waals surface area contributed by atoms with Crippen molar-refractivity contribution in [2.45, 2.75) is 19.3 Å². The highest BCUT2D eigenvalue weighted by atomic mass is 19.1. The van der Waals surface area contributed by atoms with Crippen molar-refractivity contribution < 1.29 is 14.0 Å². The van der Waals surface area contributed by atoms with Crippen LogP contribution in [0.2, 0.25) is 0 Å². The molecule has 0 N–H and O–H groups in total. The van der Waals surface area contributed by atoms with E-state index in [0.29, 0.717) is 18.3 Å². The summed E-state index contributed by atoms with van der Waals surface area (Å²) in [6, 6.07) is 14.5. The maximum atomic E-state index is 13.4. The summed E-state index contributed by atoms with van der Waals surface area (Å²) in [6.45, 7) is 2.18. The molecule has 0 radical (unpaired) electrons. The standard InChI is InChI=1S/C21H21FN2O2/c22-17-6-7-19-18(13-17)20(25)21(26)24(19)14-23-10-8-16(9-11-23)12-15-4-2-1-3-5-15/h1-7,13,16H,8-12,14H2. The Labute approximate surface area is 152 Å². The average Bonchev–Trinajstić information content (AvgIpc) is 2.89. The first-order valence-corrected chi connectivity index (χ1v) is 9.04. The Morgan fingerprint density at radius 1 is 1.00 bits per heavy atom. The van der Waals surface area contributed by atoms with Gasteiger partial charge in [-0.15, -0.1) is 0 Å². The Bertz CT molecular complexity index is 829. The molecule has 0 aromatic heterocycles. The van der Waals surface area contributed by atoms with Crippen LogP contribution in [0.1, 0.15) is 28.8 Å². The Kier molecular flexibility index (Phi) is 4.55. The van der Waals surface area contributed by atoms with Crippen LogP contribution in [0.5, 0.6) is 0 Å². The number of carbonyl (C=O) groups is 2. The SMILES string of the molecule is O=C1C(=O)N(CN2CCC(Cc3ccccc3)CC2)c2ccc(F)cc21. The molecule has 0 bridgehead atoms. The lowest BCUT2D eigenvalue weighted by molar-refractivity contribution is -0.114. The highest BCUT2D eigenvalue weighted by Gasteiger charge is 2.37. The molecule has 2 aromatic carbocycles. The van der Waals surface area contributed by atoms with Crippen molar-refractivity contribution in [3.63, 3.8) is 0 Å². The van der Waals surface area contributed by atoms with Gasteiger partial charge in [-0.05, 0) is 48.9 Å². The van der Waals surface area contributed by atoms with E-state index in [1.807, 2.05) is 6.07 Å². The number of piperidine rings is 1. The van der Waals surface area contributed by atoms with Crippen LogP contribution >= 0.6 is 0 Å². The molecule has 1 amide bonds. The van der Waals surface area contributed by atoms with E-state index in [9.17, 15) is 14.0 Å². The van der Waals surface area contributed by atoms with Crippen molar-refractivity contribution in [3.8, 4) is 0 Å². The number of hydrogen-bond acceptors (Lipinski definition) is 3. The van der Waals surface area contributed by atoms with Crippen LogP contribution < -0.4 is 4.90 Å². The zero-order chi connectivity index (χ0) is 18.1. The molecule has 1 fully saturated rings. The van der Waals surface area contributed by atoms with E-state index in [2.05, 4.69) is 29.2 Å². The largest absolute Gasteiger partial charge is 0.300 e. The second-order valence-corrected chi connectivity index (χ2v) is 7.12. The van der Waals surface area contributed by atoms with E-state index in [-0.39, 0.29) is 5.56 Å². The number of hydrogen-bond donors (Lipinski definition) is 0. The van der Waals surface area contributed by atoms with Crippen molar-refractivity contribution in [1.29, 1.82) is 0 Å². The van der Waals surface area contributed by atoms with Gasteiger partial charge in [0.2, 0.25) is 0 Å². The van der Waals surface area contributed by atoms with Crippen molar-refractivity contribution in [1.82, 2.24) is 4.90 Å². The predicted molar refractivity (Wildman–Crippen MR) is 97.5 cm³/mol. The topological polar surface area (TPSA) is 40.6 Å². The summed E-state index contributed by atoms with van der Waals surface area (Å²) >= 11 is 0. The lowest BCUT2D eigenvalue weighted by atomic mass is 9.90. The van der Waals surface area contributed by atoms with Gasteiger partial charge in [0.15, 0.2) is 0 Å². The Morgan fingerprint density at radius 3 is 2.46 bits per heavy atom. The molecule has 2 heterocycles. The van der Waals surface area contributed by atoms with E-state index < -0.39 is 17.5 Å². The van der Waals surface area contributed by atoms with Gasteiger partial charge in [-0.2, -0.15) is 0 Å². The van der Waals surface area contributed by atoms with Crippen molar-refractivity contribution in [2.24, 2.45) is 5.92 Å². The highest BCUT2D eigenvalue weighted by Crippen LogP contribution is 2.30. The lowest BCUT2D eigenvalue weighted by Crippen LogP contribution is -2.44. The molecule has 0 saturated carbocycles. The van der Waals surface area contributed by atoms with Crippen LogP contribution in [0.15, 0.2) is 48.5 Å². The lowest BCUT2D eigenvalue weighted by Gasteiger charge is -2.34. The van der Waals surface area contributed by atoms with Crippen LogP contribution in [-0.4, -0.2) is 36.3 Å². The zero-order valence-electron chi connectivity index (χ0n) is 14.5. The molecule has 1 saturated heterocycles. The summed E-state index contributed by atoms with van der Waals surface area (Å²) in [5.41, 5.74) is 2.06. The Morgan fingerprint density at radius 2 is 1.73 bits per heavy atom. The van der Waals surface area contributed by atoms with Gasteiger partial charge < -0.3 is 0 Å². The Hall–Kier alpha value is -2.53. The average molecular weight is 352 g/mol. The van der Waals surface area contributed by atoms with Crippen molar-refractivity contribution in [2.75, 3.05) is 24.7 Å². The van der Waals surface area contributed by atoms with E-state index in [1.165, 1.54) is 22.6 Å². The number of anilines is 1. The molecule has 0 atom stereocenters. The normalized spacial score (nSPS) is 18.4. The predicted octanol–water partition coefficient (Wildman–Crippen LogP) is 3.27. The zero-order valence-corrected chi connectivity index (χ0v) is 14.5. The van der Waals surface area contributed by atoms with E-state index in [0.717, 1.165) is 38.4 Å². The molecular weight excluding hydrogens is 331 g/mol. The highest BCUT2D eigenvalue weighted by molar-refractivity contribution is 6.52. The molecular formula is C21H21FN2O2. The maximum Gasteiger partial charge on any atom is 0.300 e. The fourth-order valence-electron chi connectivity index (χ4n) is 3.89. The van der Waals surface area contributed by atoms with E-state index in [1.54, 1.807) is 0 Å². The monoisotopic (exact) mass is 352 g/mol. The molecule has 2 aliphatic heterocycles. The van der Waals surface area contributed by atoms with Gasteiger partial charge in [-0.1, -0.05) is 30.3 Å². The first kappa shape index (κ1) is 16.9. The summed E-state index contributed by atoms with van der Waals surface area (Å²) in [4.78, 5) is 28.0. The minimum Gasteiger partial charge on any atom is -0.291 e. The number of ketones is 1. The first-order chi connectivity index (χ1) is 12.6. The number of benzene rings is 2. The van der Waals surface area contributed by atoms with E-state index in [4.69, 9.17) is 0 Å². The summed E-state index contributed by atoms with van der Waals surface area (Å²) in [5.74, 6) is -1.02. The molecule has 5 heteroatoms. The second kappa shape index (κ2) is 7.00. The number of likely N-dealkylation sites (tertiary alicyclic amines) is 1. The first-order valence-electron chi connectivity index (χ1n) is 9.04. The van der Waals surface area contributed by atoms with Crippen LogP contribution in [0.3, 0.4) is 0 Å². The summed E-state index contributed by atoms with van der Waals surface area (Å²) < 4.78 is 13.4. The third-order valence-electron chi connectivity index (χ3n) is 5.35. The Balaban J connectivity index is 1.38. The van der Waals surface area contributed by atoms with Gasteiger partial charge in [0, 0.05) is 13.1 Å². The number of fused-ring (bicyclic) bond motifs is 1. The maximum absolute atomic E-state index is 13.4. The number of halogens is 1. The van der Waals surface area contributed by atoms with Crippen LogP contribution in [0.4, 0.5) is 10.1 Å².